The number of aromatic nitrogens is 1. The summed E-state index contributed by atoms with van der Waals surface area (Å²) in [4.78, 5) is 17.2. The van der Waals surface area contributed by atoms with Gasteiger partial charge in [0.25, 0.3) is 0 Å². The average molecular weight is 444 g/mol. The minimum absolute atomic E-state index is 0.153. The molecule has 1 N–H and O–H groups in total. The third-order valence-electron chi connectivity index (χ3n) is 5.38. The van der Waals surface area contributed by atoms with E-state index < -0.39 is 15.9 Å². The molecule has 4 rings (SSSR count). The number of carbonyl (C=O) groups is 1. The Balaban J connectivity index is 1.50. The van der Waals surface area contributed by atoms with Crippen LogP contribution in [0, 0.1) is 5.92 Å². The van der Waals surface area contributed by atoms with E-state index in [9.17, 15) is 13.2 Å². The third kappa shape index (κ3) is 4.19. The number of nitrogens with one attached hydrogen (secondary N) is 1. The fourth-order valence-electron chi connectivity index (χ4n) is 3.77. The molecular weight excluding hydrogens is 422 g/mol. The Hall–Kier alpha value is -2.48. The minimum Gasteiger partial charge on any atom is -0.352 e. The zero-order valence-corrected chi connectivity index (χ0v) is 17.9. The second-order valence-electron chi connectivity index (χ2n) is 7.34. The van der Waals surface area contributed by atoms with Gasteiger partial charge in [-0.15, -0.1) is 0 Å². The standard InChI is InChI=1S/C22H22ClN3O3S/c23-19-10-2-1-6-17(19)14-25-22(27)18-9-5-13-26(15-18)30(28,29)20-11-3-7-16-8-4-12-24-21(16)20/h1-4,6-8,10-12,18H,5,9,13-15H2,(H,25,27). The van der Waals surface area contributed by atoms with E-state index in [2.05, 4.69) is 10.3 Å². The van der Waals surface area contributed by atoms with Crippen LogP contribution in [0.4, 0.5) is 0 Å². The Labute approximate surface area is 180 Å². The first-order chi connectivity index (χ1) is 14.5. The van der Waals surface area contributed by atoms with E-state index in [0.717, 1.165) is 10.9 Å². The number of amides is 1. The number of rotatable bonds is 5. The molecule has 1 atom stereocenters. The van der Waals surface area contributed by atoms with Gasteiger partial charge in [0.1, 0.15) is 4.90 Å². The lowest BCUT2D eigenvalue weighted by Gasteiger charge is -2.31. The number of nitrogens with zero attached hydrogens (tertiary/aromatic N) is 2. The van der Waals surface area contributed by atoms with Crippen LogP contribution in [0.15, 0.2) is 65.7 Å². The van der Waals surface area contributed by atoms with E-state index in [1.165, 1.54) is 4.31 Å². The van der Waals surface area contributed by atoms with E-state index >= 15 is 0 Å². The Morgan fingerprint density at radius 2 is 1.93 bits per heavy atom. The molecule has 1 saturated heterocycles. The number of carbonyl (C=O) groups excluding carboxylic acids is 1. The smallest absolute Gasteiger partial charge is 0.245 e. The van der Waals surface area contributed by atoms with Crippen LogP contribution in [0.3, 0.4) is 0 Å². The van der Waals surface area contributed by atoms with Crippen LogP contribution in [-0.2, 0) is 21.4 Å². The van der Waals surface area contributed by atoms with Gasteiger partial charge < -0.3 is 5.32 Å². The van der Waals surface area contributed by atoms with E-state index in [1.807, 2.05) is 30.3 Å². The summed E-state index contributed by atoms with van der Waals surface area (Å²) in [6.45, 7) is 0.856. The molecule has 2 aromatic carbocycles. The molecule has 1 aliphatic heterocycles. The van der Waals surface area contributed by atoms with Crippen LogP contribution in [0.25, 0.3) is 10.9 Å². The van der Waals surface area contributed by atoms with E-state index in [4.69, 9.17) is 11.6 Å². The van der Waals surface area contributed by atoms with Gasteiger partial charge in [-0.1, -0.05) is 48.0 Å². The maximum absolute atomic E-state index is 13.3. The first-order valence-corrected chi connectivity index (χ1v) is 11.6. The van der Waals surface area contributed by atoms with Crippen molar-refractivity contribution in [2.75, 3.05) is 13.1 Å². The van der Waals surface area contributed by atoms with Crippen LogP contribution >= 0.6 is 11.6 Å². The second kappa shape index (κ2) is 8.71. The van der Waals surface area contributed by atoms with Crippen molar-refractivity contribution in [1.29, 1.82) is 0 Å². The van der Waals surface area contributed by atoms with Crippen LogP contribution in [0.2, 0.25) is 5.02 Å². The SMILES string of the molecule is O=C(NCc1ccccc1Cl)C1CCCN(S(=O)(=O)c2cccc3cccnc23)C1. The van der Waals surface area contributed by atoms with Gasteiger partial charge in [-0.3, -0.25) is 9.78 Å². The second-order valence-corrected chi connectivity index (χ2v) is 9.66. The van der Waals surface area contributed by atoms with Gasteiger partial charge in [-0.05, 0) is 36.6 Å². The predicted octanol–water partition coefficient (Wildman–Crippen LogP) is 3.61. The molecule has 1 unspecified atom stereocenters. The Kier molecular flexibility index (Phi) is 6.04. The van der Waals surface area contributed by atoms with Crippen LogP contribution in [0.1, 0.15) is 18.4 Å². The molecule has 2 heterocycles. The summed E-state index contributed by atoms with van der Waals surface area (Å²) in [5, 5.41) is 4.25. The van der Waals surface area contributed by atoms with E-state index in [-0.39, 0.29) is 17.3 Å². The minimum atomic E-state index is -3.76. The number of piperidine rings is 1. The molecule has 1 amide bonds. The van der Waals surface area contributed by atoms with E-state index in [1.54, 1.807) is 30.5 Å². The number of fused-ring (bicyclic) bond motifs is 1. The quantitative estimate of drug-likeness (QED) is 0.653. The number of halogens is 1. The summed E-state index contributed by atoms with van der Waals surface area (Å²) in [6, 6.07) is 16.1. The van der Waals surface area contributed by atoms with Crippen LogP contribution < -0.4 is 5.32 Å². The Morgan fingerprint density at radius 3 is 2.77 bits per heavy atom. The molecule has 30 heavy (non-hydrogen) atoms. The van der Waals surface area contributed by atoms with Gasteiger partial charge in [0.15, 0.2) is 0 Å². The molecule has 0 radical (unpaired) electrons. The summed E-state index contributed by atoms with van der Waals surface area (Å²) >= 11 is 6.15. The molecule has 3 aromatic rings. The number of benzene rings is 2. The van der Waals surface area contributed by atoms with Gasteiger partial charge in [-0.2, -0.15) is 4.31 Å². The normalized spacial score (nSPS) is 17.7. The molecule has 156 valence electrons. The molecule has 0 saturated carbocycles. The van der Waals surface area contributed by atoms with Gasteiger partial charge in [-0.25, -0.2) is 8.42 Å². The largest absolute Gasteiger partial charge is 0.352 e. The molecule has 1 aliphatic rings. The summed E-state index contributed by atoms with van der Waals surface area (Å²) in [5.41, 5.74) is 1.28. The first-order valence-electron chi connectivity index (χ1n) is 9.82. The van der Waals surface area contributed by atoms with Crippen molar-refractivity contribution in [3.05, 3.63) is 71.4 Å². The number of hydrogen-bond acceptors (Lipinski definition) is 4. The highest BCUT2D eigenvalue weighted by atomic mass is 35.5. The Bertz CT molecular complexity index is 1180. The lowest BCUT2D eigenvalue weighted by molar-refractivity contribution is -0.126. The van der Waals surface area contributed by atoms with E-state index in [0.29, 0.717) is 36.5 Å². The fraction of sp³-hybridized carbons (Fsp3) is 0.273. The van der Waals surface area contributed by atoms with Crippen molar-refractivity contribution < 1.29 is 13.2 Å². The first kappa shape index (κ1) is 20.8. The van der Waals surface area contributed by atoms with Gasteiger partial charge in [0, 0.05) is 36.2 Å². The highest BCUT2D eigenvalue weighted by molar-refractivity contribution is 7.89. The van der Waals surface area contributed by atoms with Gasteiger partial charge in [0.2, 0.25) is 15.9 Å². The average Bonchev–Trinajstić information content (AvgIpc) is 2.78. The lowest BCUT2D eigenvalue weighted by atomic mass is 9.99. The maximum atomic E-state index is 13.3. The fourth-order valence-corrected chi connectivity index (χ4v) is 5.66. The highest BCUT2D eigenvalue weighted by Gasteiger charge is 2.34. The zero-order valence-electron chi connectivity index (χ0n) is 16.3. The number of hydrogen-bond donors (Lipinski definition) is 1. The Morgan fingerprint density at radius 1 is 1.13 bits per heavy atom. The molecule has 0 bridgehead atoms. The molecular formula is C22H22ClN3O3S. The summed E-state index contributed by atoms with van der Waals surface area (Å²) in [6.07, 6.45) is 2.86. The van der Waals surface area contributed by atoms with Crippen molar-refractivity contribution >= 4 is 38.4 Å². The molecule has 0 spiro atoms. The van der Waals surface area contributed by atoms with Crippen LogP contribution in [-0.4, -0.2) is 36.7 Å². The van der Waals surface area contributed by atoms with Gasteiger partial charge >= 0.3 is 0 Å². The molecule has 0 aliphatic carbocycles. The topological polar surface area (TPSA) is 79.4 Å². The van der Waals surface area contributed by atoms with Crippen molar-refractivity contribution in [2.24, 2.45) is 5.92 Å². The van der Waals surface area contributed by atoms with Crippen molar-refractivity contribution in [3.63, 3.8) is 0 Å². The predicted molar refractivity (Wildman–Crippen MR) is 117 cm³/mol. The molecule has 8 heteroatoms. The molecule has 1 fully saturated rings. The summed E-state index contributed by atoms with van der Waals surface area (Å²) in [7, 11) is -3.76. The third-order valence-corrected chi connectivity index (χ3v) is 7.64. The summed E-state index contributed by atoms with van der Waals surface area (Å²) < 4.78 is 28.1. The lowest BCUT2D eigenvalue weighted by Crippen LogP contribution is -2.45. The molecule has 1 aromatic heterocycles. The van der Waals surface area contributed by atoms with Gasteiger partial charge in [0.05, 0.1) is 11.4 Å². The summed E-state index contributed by atoms with van der Waals surface area (Å²) in [5.74, 6) is -0.565. The van der Waals surface area contributed by atoms with Crippen molar-refractivity contribution in [1.82, 2.24) is 14.6 Å². The zero-order chi connectivity index (χ0) is 21.1. The van der Waals surface area contributed by atoms with Crippen molar-refractivity contribution in [2.45, 2.75) is 24.3 Å². The number of sulfonamides is 1. The maximum Gasteiger partial charge on any atom is 0.245 e. The van der Waals surface area contributed by atoms with Crippen LogP contribution in [0.5, 0.6) is 0 Å². The number of para-hydroxylation sites is 1. The highest BCUT2D eigenvalue weighted by Crippen LogP contribution is 2.28. The molecule has 6 nitrogen and oxygen atoms in total. The van der Waals surface area contributed by atoms with Crippen molar-refractivity contribution in [3.8, 4) is 0 Å². The monoisotopic (exact) mass is 443 g/mol. The number of pyridine rings is 1.